The Morgan fingerprint density at radius 1 is 1.56 bits per heavy atom. The minimum absolute atomic E-state index is 0.194. The summed E-state index contributed by atoms with van der Waals surface area (Å²) in [5.74, 6) is -0.194. The lowest BCUT2D eigenvalue weighted by atomic mass is 10.2. The highest BCUT2D eigenvalue weighted by Crippen LogP contribution is 2.18. The van der Waals surface area contributed by atoms with Gasteiger partial charge < -0.3 is 9.88 Å². The Morgan fingerprint density at radius 2 is 2.38 bits per heavy atom. The second kappa shape index (κ2) is 4.19. The van der Waals surface area contributed by atoms with Crippen molar-refractivity contribution in [2.45, 2.75) is 18.9 Å². The van der Waals surface area contributed by atoms with Gasteiger partial charge in [-0.05, 0) is 18.9 Å². The summed E-state index contributed by atoms with van der Waals surface area (Å²) in [6, 6.07) is 4.57. The number of likely N-dealkylation sites (tertiary alicyclic amines) is 1. The van der Waals surface area contributed by atoms with Crippen LogP contribution in [-0.2, 0) is 0 Å². The number of aromatic amines is 1. The van der Waals surface area contributed by atoms with Crippen LogP contribution in [0.2, 0.25) is 0 Å². The lowest BCUT2D eigenvalue weighted by molar-refractivity contribution is 0.0764. The second-order valence-electron chi connectivity index (χ2n) is 3.73. The van der Waals surface area contributed by atoms with Gasteiger partial charge in [-0.1, -0.05) is 0 Å². The number of hydrogen-bond donors (Lipinski definition) is 1. The van der Waals surface area contributed by atoms with Gasteiger partial charge >= 0.3 is 0 Å². The molecule has 16 heavy (non-hydrogen) atoms. The van der Waals surface area contributed by atoms with Crippen molar-refractivity contribution in [3.05, 3.63) is 34.2 Å². The number of amides is 1. The topological polar surface area (TPSA) is 77.0 Å². The molecule has 0 radical (unpaired) electrons. The maximum atomic E-state index is 12.0. The van der Waals surface area contributed by atoms with Gasteiger partial charge in [0.2, 0.25) is 5.56 Å². The fourth-order valence-corrected chi connectivity index (χ4v) is 1.85. The van der Waals surface area contributed by atoms with Gasteiger partial charge in [0.15, 0.2) is 0 Å². The van der Waals surface area contributed by atoms with E-state index in [9.17, 15) is 9.59 Å². The Bertz CT molecular complexity index is 480. The Kier molecular flexibility index (Phi) is 2.73. The quantitative estimate of drug-likeness (QED) is 0.744. The van der Waals surface area contributed by atoms with Crippen LogP contribution < -0.4 is 5.56 Å². The molecule has 0 bridgehead atoms. The average Bonchev–Trinajstić information content (AvgIpc) is 2.77. The first kappa shape index (κ1) is 10.4. The maximum absolute atomic E-state index is 12.0. The number of carbonyl (C=O) groups is 1. The number of rotatable bonds is 1. The largest absolute Gasteiger partial charge is 0.328 e. The Balaban J connectivity index is 2.22. The van der Waals surface area contributed by atoms with Crippen LogP contribution in [0.1, 0.15) is 23.2 Å². The molecule has 1 aliphatic heterocycles. The number of nitrogens with one attached hydrogen (secondary N) is 1. The van der Waals surface area contributed by atoms with Crippen LogP contribution in [-0.4, -0.2) is 28.4 Å². The van der Waals surface area contributed by atoms with E-state index in [2.05, 4.69) is 11.1 Å². The van der Waals surface area contributed by atoms with E-state index in [1.165, 1.54) is 18.3 Å². The smallest absolute Gasteiger partial charge is 0.256 e. The van der Waals surface area contributed by atoms with Gasteiger partial charge in [0.25, 0.3) is 5.91 Å². The van der Waals surface area contributed by atoms with E-state index in [0.29, 0.717) is 12.1 Å². The number of nitrogens with zero attached hydrogens (tertiary/aromatic N) is 2. The van der Waals surface area contributed by atoms with Crippen LogP contribution in [0.25, 0.3) is 0 Å². The predicted octanol–water partition coefficient (Wildman–Crippen LogP) is 0.503. The molecule has 5 heteroatoms. The molecule has 1 unspecified atom stereocenters. The summed E-state index contributed by atoms with van der Waals surface area (Å²) < 4.78 is 0. The first-order valence-electron chi connectivity index (χ1n) is 5.11. The van der Waals surface area contributed by atoms with Gasteiger partial charge in [0, 0.05) is 18.8 Å². The van der Waals surface area contributed by atoms with E-state index >= 15 is 0 Å². The van der Waals surface area contributed by atoms with Crippen molar-refractivity contribution in [2.75, 3.05) is 6.54 Å². The molecule has 82 valence electrons. The average molecular weight is 217 g/mol. The summed E-state index contributed by atoms with van der Waals surface area (Å²) in [7, 11) is 0. The molecule has 1 saturated heterocycles. The van der Waals surface area contributed by atoms with Gasteiger partial charge in [-0.2, -0.15) is 5.26 Å². The third-order valence-electron chi connectivity index (χ3n) is 2.69. The molecule has 1 fully saturated rings. The van der Waals surface area contributed by atoms with Gasteiger partial charge in [0.1, 0.15) is 6.04 Å². The number of nitriles is 1. The molecule has 1 aromatic rings. The molecule has 1 N–H and O–H groups in total. The van der Waals surface area contributed by atoms with E-state index < -0.39 is 0 Å². The number of H-pyrrole nitrogens is 1. The van der Waals surface area contributed by atoms with Crippen molar-refractivity contribution in [3.8, 4) is 6.07 Å². The number of aromatic nitrogens is 1. The normalized spacial score (nSPS) is 19.4. The zero-order valence-corrected chi connectivity index (χ0v) is 8.64. The third kappa shape index (κ3) is 1.82. The first-order valence-corrected chi connectivity index (χ1v) is 5.11. The zero-order valence-electron chi connectivity index (χ0n) is 8.64. The van der Waals surface area contributed by atoms with Crippen LogP contribution in [0.5, 0.6) is 0 Å². The van der Waals surface area contributed by atoms with Crippen molar-refractivity contribution < 1.29 is 4.79 Å². The summed E-state index contributed by atoms with van der Waals surface area (Å²) in [6.45, 7) is 0.607. The van der Waals surface area contributed by atoms with E-state index in [-0.39, 0.29) is 17.5 Å². The summed E-state index contributed by atoms with van der Waals surface area (Å²) in [6.07, 6.45) is 2.97. The molecule has 2 rings (SSSR count). The highest BCUT2D eigenvalue weighted by Gasteiger charge is 2.29. The minimum Gasteiger partial charge on any atom is -0.328 e. The molecule has 1 aromatic heterocycles. The number of hydrogen-bond acceptors (Lipinski definition) is 3. The highest BCUT2D eigenvalue weighted by molar-refractivity contribution is 5.94. The SMILES string of the molecule is N#CC1CCCN1C(=O)c1ccc(=O)[nH]c1. The second-order valence-corrected chi connectivity index (χ2v) is 3.73. The van der Waals surface area contributed by atoms with Crippen molar-refractivity contribution in [1.82, 2.24) is 9.88 Å². The summed E-state index contributed by atoms with van der Waals surface area (Å²) in [5, 5.41) is 8.87. The molecular weight excluding hydrogens is 206 g/mol. The Hall–Kier alpha value is -2.09. The number of carbonyl (C=O) groups excluding carboxylic acids is 1. The zero-order chi connectivity index (χ0) is 11.5. The Labute approximate surface area is 92.3 Å². The van der Waals surface area contributed by atoms with E-state index in [1.54, 1.807) is 4.90 Å². The molecular formula is C11H11N3O2. The highest BCUT2D eigenvalue weighted by atomic mass is 16.2. The van der Waals surface area contributed by atoms with E-state index in [4.69, 9.17) is 5.26 Å². The predicted molar refractivity (Wildman–Crippen MR) is 56.7 cm³/mol. The van der Waals surface area contributed by atoms with Crippen molar-refractivity contribution in [1.29, 1.82) is 5.26 Å². The van der Waals surface area contributed by atoms with Crippen molar-refractivity contribution in [3.63, 3.8) is 0 Å². The molecule has 0 aliphatic carbocycles. The van der Waals surface area contributed by atoms with Gasteiger partial charge in [0.05, 0.1) is 11.6 Å². The summed E-state index contributed by atoms with van der Waals surface area (Å²) in [5.41, 5.74) is 0.177. The van der Waals surface area contributed by atoms with Gasteiger partial charge in [-0.25, -0.2) is 0 Å². The molecule has 5 nitrogen and oxygen atoms in total. The molecule has 1 atom stereocenters. The van der Waals surface area contributed by atoms with Crippen LogP contribution >= 0.6 is 0 Å². The van der Waals surface area contributed by atoms with Crippen LogP contribution in [0.3, 0.4) is 0 Å². The van der Waals surface area contributed by atoms with Crippen molar-refractivity contribution in [2.24, 2.45) is 0 Å². The van der Waals surface area contributed by atoms with Gasteiger partial charge in [-0.3, -0.25) is 9.59 Å². The standard InChI is InChI=1S/C11H11N3O2/c12-6-9-2-1-5-14(9)11(16)8-3-4-10(15)13-7-8/h3-4,7,9H,1-2,5H2,(H,13,15). The third-order valence-corrected chi connectivity index (χ3v) is 2.69. The molecule has 0 spiro atoms. The van der Waals surface area contributed by atoms with Crippen LogP contribution in [0.15, 0.2) is 23.1 Å². The lowest BCUT2D eigenvalue weighted by Crippen LogP contribution is -2.34. The molecule has 2 heterocycles. The van der Waals surface area contributed by atoms with E-state index in [0.717, 1.165) is 12.8 Å². The molecule has 1 aliphatic rings. The minimum atomic E-state index is -0.334. The Morgan fingerprint density at radius 3 is 3.00 bits per heavy atom. The van der Waals surface area contributed by atoms with E-state index in [1.807, 2.05) is 0 Å². The first-order chi connectivity index (χ1) is 7.72. The lowest BCUT2D eigenvalue weighted by Gasteiger charge is -2.19. The van der Waals surface area contributed by atoms with Gasteiger partial charge in [-0.15, -0.1) is 0 Å². The molecule has 0 saturated carbocycles. The van der Waals surface area contributed by atoms with Crippen LogP contribution in [0, 0.1) is 11.3 Å². The molecule has 1 amide bonds. The fourth-order valence-electron chi connectivity index (χ4n) is 1.85. The fraction of sp³-hybridized carbons (Fsp3) is 0.364. The van der Waals surface area contributed by atoms with Crippen molar-refractivity contribution >= 4 is 5.91 Å². The molecule has 0 aromatic carbocycles. The monoisotopic (exact) mass is 217 g/mol. The summed E-state index contributed by atoms with van der Waals surface area (Å²) in [4.78, 5) is 26.8. The number of pyridine rings is 1. The summed E-state index contributed by atoms with van der Waals surface area (Å²) >= 11 is 0. The van der Waals surface area contributed by atoms with Crippen LogP contribution in [0.4, 0.5) is 0 Å². The maximum Gasteiger partial charge on any atom is 0.256 e.